The Morgan fingerprint density at radius 2 is 2.04 bits per heavy atom. The Hall–Kier alpha value is -2.29. The largest absolute Gasteiger partial charge is 0.336 e. The molecule has 1 amide bonds. The number of likely N-dealkylation sites (tertiary alicyclic amines) is 1. The molecule has 9 heteroatoms. The highest BCUT2D eigenvalue weighted by atomic mass is 16.2. The first-order chi connectivity index (χ1) is 12.9. The minimum atomic E-state index is -0.363. The van der Waals surface area contributed by atoms with Gasteiger partial charge in [-0.25, -0.2) is 4.68 Å². The van der Waals surface area contributed by atoms with Crippen LogP contribution in [0.5, 0.6) is 0 Å². The SMILES string of the molecule is Cc1c(C(=O)N2CCC(c3nnnn3C3CCCC3)(N(C)C)C2)cnn1C. The molecule has 27 heavy (non-hydrogen) atoms. The number of aromatic nitrogens is 6. The minimum Gasteiger partial charge on any atom is -0.336 e. The fraction of sp³-hybridized carbons (Fsp3) is 0.722. The third-order valence-corrected chi connectivity index (χ3v) is 6.44. The van der Waals surface area contributed by atoms with Gasteiger partial charge >= 0.3 is 0 Å². The van der Waals surface area contributed by atoms with Crippen LogP contribution in [0.25, 0.3) is 0 Å². The second kappa shape index (κ2) is 6.70. The number of carbonyl (C=O) groups is 1. The molecule has 9 nitrogen and oxygen atoms in total. The van der Waals surface area contributed by atoms with Gasteiger partial charge in [0.2, 0.25) is 0 Å². The number of carbonyl (C=O) groups excluding carboxylic acids is 1. The van der Waals surface area contributed by atoms with Gasteiger partial charge in [-0.15, -0.1) is 5.10 Å². The van der Waals surface area contributed by atoms with Crippen molar-refractivity contribution in [3.05, 3.63) is 23.3 Å². The van der Waals surface area contributed by atoms with E-state index in [0.29, 0.717) is 24.7 Å². The van der Waals surface area contributed by atoms with E-state index in [2.05, 4.69) is 39.6 Å². The van der Waals surface area contributed by atoms with E-state index in [0.717, 1.165) is 30.8 Å². The molecular weight excluding hydrogens is 344 g/mol. The summed E-state index contributed by atoms with van der Waals surface area (Å²) >= 11 is 0. The molecule has 2 aromatic heterocycles. The van der Waals surface area contributed by atoms with Crippen molar-refractivity contribution in [2.45, 2.75) is 50.6 Å². The van der Waals surface area contributed by atoms with Gasteiger partial charge in [0.25, 0.3) is 5.91 Å². The van der Waals surface area contributed by atoms with Gasteiger partial charge in [-0.1, -0.05) is 12.8 Å². The Morgan fingerprint density at radius 1 is 1.30 bits per heavy atom. The van der Waals surface area contributed by atoms with Crippen molar-refractivity contribution in [1.29, 1.82) is 0 Å². The normalized spacial score (nSPS) is 23.7. The average Bonchev–Trinajstić information content (AvgIpc) is 3.42. The van der Waals surface area contributed by atoms with Crippen LogP contribution in [0.1, 0.15) is 60.0 Å². The molecule has 0 radical (unpaired) electrons. The van der Waals surface area contributed by atoms with Crippen molar-refractivity contribution in [3.8, 4) is 0 Å². The molecule has 1 aliphatic carbocycles. The van der Waals surface area contributed by atoms with Crippen LogP contribution in [-0.4, -0.2) is 72.9 Å². The van der Waals surface area contributed by atoms with Crippen LogP contribution in [0.3, 0.4) is 0 Å². The molecule has 1 atom stereocenters. The summed E-state index contributed by atoms with van der Waals surface area (Å²) in [7, 11) is 5.96. The van der Waals surface area contributed by atoms with E-state index in [1.165, 1.54) is 12.8 Å². The van der Waals surface area contributed by atoms with Gasteiger partial charge in [0.1, 0.15) is 5.54 Å². The molecular formula is C18H28N8O. The quantitative estimate of drug-likeness (QED) is 0.800. The first-order valence-corrected chi connectivity index (χ1v) is 9.67. The maximum absolute atomic E-state index is 13.1. The van der Waals surface area contributed by atoms with Crippen molar-refractivity contribution < 1.29 is 4.79 Å². The lowest BCUT2D eigenvalue weighted by Crippen LogP contribution is -2.47. The van der Waals surface area contributed by atoms with Gasteiger partial charge in [0, 0.05) is 25.8 Å². The van der Waals surface area contributed by atoms with Crippen molar-refractivity contribution in [2.24, 2.45) is 7.05 Å². The van der Waals surface area contributed by atoms with E-state index < -0.39 is 0 Å². The van der Waals surface area contributed by atoms with E-state index in [1.54, 1.807) is 10.9 Å². The maximum atomic E-state index is 13.1. The fourth-order valence-corrected chi connectivity index (χ4v) is 4.49. The lowest BCUT2D eigenvalue weighted by molar-refractivity contribution is 0.0736. The van der Waals surface area contributed by atoms with Gasteiger partial charge in [-0.05, 0) is 50.7 Å². The van der Waals surface area contributed by atoms with Crippen LogP contribution < -0.4 is 0 Å². The second-order valence-corrected chi connectivity index (χ2v) is 8.06. The number of tetrazole rings is 1. The van der Waals surface area contributed by atoms with Crippen molar-refractivity contribution >= 4 is 5.91 Å². The fourth-order valence-electron chi connectivity index (χ4n) is 4.49. The Kier molecular flexibility index (Phi) is 4.49. The molecule has 4 rings (SSSR count). The molecule has 1 unspecified atom stereocenters. The summed E-state index contributed by atoms with van der Waals surface area (Å²) in [6.07, 6.45) is 7.18. The topological polar surface area (TPSA) is 85.0 Å². The Labute approximate surface area is 159 Å². The Balaban J connectivity index is 1.64. The van der Waals surface area contributed by atoms with E-state index in [-0.39, 0.29) is 11.4 Å². The number of nitrogens with zero attached hydrogens (tertiary/aromatic N) is 8. The standard InChI is InChI=1S/C18H28N8O/c1-13-15(11-19-24(13)4)16(27)25-10-9-18(12-25,23(2)3)17-20-21-22-26(17)14-7-5-6-8-14/h11,14H,5-10,12H2,1-4H3. The molecule has 1 saturated carbocycles. The first kappa shape index (κ1) is 18.1. The highest BCUT2D eigenvalue weighted by Gasteiger charge is 2.48. The van der Waals surface area contributed by atoms with Gasteiger partial charge < -0.3 is 4.90 Å². The average molecular weight is 372 g/mol. The molecule has 3 heterocycles. The van der Waals surface area contributed by atoms with Crippen molar-refractivity contribution in [3.63, 3.8) is 0 Å². The van der Waals surface area contributed by atoms with E-state index in [9.17, 15) is 4.79 Å². The number of rotatable bonds is 4. The van der Waals surface area contributed by atoms with Crippen LogP contribution in [-0.2, 0) is 12.6 Å². The van der Waals surface area contributed by atoms with Crippen molar-refractivity contribution in [1.82, 2.24) is 39.8 Å². The minimum absolute atomic E-state index is 0.0317. The monoisotopic (exact) mass is 372 g/mol. The lowest BCUT2D eigenvalue weighted by Gasteiger charge is -2.35. The Morgan fingerprint density at radius 3 is 2.67 bits per heavy atom. The van der Waals surface area contributed by atoms with E-state index >= 15 is 0 Å². The van der Waals surface area contributed by atoms with Gasteiger partial charge in [0.05, 0.1) is 17.8 Å². The summed E-state index contributed by atoms with van der Waals surface area (Å²) in [5.41, 5.74) is 1.19. The zero-order chi connectivity index (χ0) is 19.2. The zero-order valence-corrected chi connectivity index (χ0v) is 16.6. The molecule has 146 valence electrons. The van der Waals surface area contributed by atoms with Crippen LogP contribution in [0.4, 0.5) is 0 Å². The van der Waals surface area contributed by atoms with Crippen LogP contribution in [0.15, 0.2) is 6.20 Å². The summed E-state index contributed by atoms with van der Waals surface area (Å²) in [6.45, 7) is 3.19. The summed E-state index contributed by atoms with van der Waals surface area (Å²) in [4.78, 5) is 17.2. The molecule has 0 bridgehead atoms. The number of aryl methyl sites for hydroxylation is 1. The van der Waals surface area contributed by atoms with Crippen molar-refractivity contribution in [2.75, 3.05) is 27.2 Å². The molecule has 2 fully saturated rings. The predicted molar refractivity (Wildman–Crippen MR) is 99.2 cm³/mol. The zero-order valence-electron chi connectivity index (χ0n) is 16.6. The lowest BCUT2D eigenvalue weighted by atomic mass is 9.95. The molecule has 0 aromatic carbocycles. The highest BCUT2D eigenvalue weighted by molar-refractivity contribution is 5.95. The number of hydrogen-bond donors (Lipinski definition) is 0. The van der Waals surface area contributed by atoms with Crippen LogP contribution in [0.2, 0.25) is 0 Å². The van der Waals surface area contributed by atoms with E-state index in [1.807, 2.05) is 23.6 Å². The third kappa shape index (κ3) is 2.84. The first-order valence-electron chi connectivity index (χ1n) is 9.67. The van der Waals surface area contributed by atoms with E-state index in [4.69, 9.17) is 0 Å². The molecule has 0 N–H and O–H groups in total. The third-order valence-electron chi connectivity index (χ3n) is 6.44. The Bertz CT molecular complexity index is 834. The van der Waals surface area contributed by atoms with Crippen LogP contribution in [0, 0.1) is 6.92 Å². The highest BCUT2D eigenvalue weighted by Crippen LogP contribution is 2.39. The summed E-state index contributed by atoms with van der Waals surface area (Å²) < 4.78 is 3.76. The van der Waals surface area contributed by atoms with Gasteiger partial charge in [0.15, 0.2) is 5.82 Å². The number of amides is 1. The molecule has 1 aliphatic heterocycles. The molecule has 0 spiro atoms. The van der Waals surface area contributed by atoms with Crippen LogP contribution >= 0.6 is 0 Å². The predicted octanol–water partition coefficient (Wildman–Crippen LogP) is 1.13. The number of likely N-dealkylation sites (N-methyl/N-ethyl adjacent to an activating group) is 1. The van der Waals surface area contributed by atoms with Gasteiger partial charge in [-0.2, -0.15) is 5.10 Å². The summed E-state index contributed by atoms with van der Waals surface area (Å²) in [5, 5.41) is 17.0. The number of hydrogen-bond acceptors (Lipinski definition) is 6. The second-order valence-electron chi connectivity index (χ2n) is 8.06. The maximum Gasteiger partial charge on any atom is 0.257 e. The molecule has 2 aromatic rings. The summed E-state index contributed by atoms with van der Waals surface area (Å²) in [6, 6.07) is 0.372. The molecule has 1 saturated heterocycles. The molecule has 2 aliphatic rings. The summed E-state index contributed by atoms with van der Waals surface area (Å²) in [5.74, 6) is 0.918. The van der Waals surface area contributed by atoms with Gasteiger partial charge in [-0.3, -0.25) is 14.4 Å². The smallest absolute Gasteiger partial charge is 0.257 e.